The average Bonchev–Trinajstić information content (AvgIpc) is 3.00. The predicted octanol–water partition coefficient (Wildman–Crippen LogP) is 2.43. The number of carboxylic acids is 1. The van der Waals surface area contributed by atoms with Crippen LogP contribution in [-0.2, 0) is 16.0 Å². The van der Waals surface area contributed by atoms with Gasteiger partial charge in [0.2, 0.25) is 5.91 Å². The maximum absolute atomic E-state index is 13.1. The Labute approximate surface area is 146 Å². The zero-order valence-corrected chi connectivity index (χ0v) is 14.0. The van der Waals surface area contributed by atoms with Crippen molar-refractivity contribution in [3.63, 3.8) is 0 Å². The lowest BCUT2D eigenvalue weighted by Gasteiger charge is -2.33. The molecule has 25 heavy (non-hydrogen) atoms. The van der Waals surface area contributed by atoms with Crippen LogP contribution in [0.1, 0.15) is 54.4 Å². The first-order valence-corrected chi connectivity index (χ1v) is 9.03. The lowest BCUT2D eigenvalue weighted by molar-refractivity contribution is -0.141. The smallest absolute Gasteiger partial charge is 0.326 e. The molecule has 2 aliphatic heterocycles. The van der Waals surface area contributed by atoms with Gasteiger partial charge in [-0.1, -0.05) is 12.8 Å². The second-order valence-electron chi connectivity index (χ2n) is 7.33. The van der Waals surface area contributed by atoms with Crippen molar-refractivity contribution in [3.05, 3.63) is 29.3 Å². The van der Waals surface area contributed by atoms with Crippen LogP contribution in [0.4, 0.5) is 5.69 Å². The normalized spacial score (nSPS) is 28.1. The summed E-state index contributed by atoms with van der Waals surface area (Å²) in [5.74, 6) is -0.813. The van der Waals surface area contributed by atoms with Gasteiger partial charge >= 0.3 is 5.97 Å². The molecule has 0 bridgehead atoms. The minimum Gasteiger partial charge on any atom is -0.480 e. The van der Waals surface area contributed by atoms with E-state index in [9.17, 15) is 19.5 Å². The number of anilines is 1. The molecule has 2 amide bonds. The van der Waals surface area contributed by atoms with Crippen LogP contribution in [0, 0.1) is 5.92 Å². The third-order valence-electron chi connectivity index (χ3n) is 5.86. The molecule has 0 unspecified atom stereocenters. The molecule has 3 aliphatic rings. The van der Waals surface area contributed by atoms with Crippen molar-refractivity contribution in [3.8, 4) is 0 Å². The van der Waals surface area contributed by atoms with E-state index in [2.05, 4.69) is 5.32 Å². The molecule has 0 spiro atoms. The summed E-state index contributed by atoms with van der Waals surface area (Å²) in [5.41, 5.74) is 2.21. The Kier molecular flexibility index (Phi) is 3.98. The van der Waals surface area contributed by atoms with Gasteiger partial charge < -0.3 is 15.3 Å². The Balaban J connectivity index is 1.64. The predicted molar refractivity (Wildman–Crippen MR) is 91.3 cm³/mol. The molecule has 6 nitrogen and oxygen atoms in total. The standard InChI is InChI=1S/C19H22N2O4/c22-17-8-6-11-9-13(5-7-14(11)20-17)18(23)21-15-4-2-1-3-12(15)10-16(21)19(24)25/h5,7,9,12,15-16H,1-4,6,8,10H2,(H,20,22)(H,24,25)/t12-,15+,16+/m1/s1. The maximum atomic E-state index is 13.1. The molecule has 1 aromatic rings. The highest BCUT2D eigenvalue weighted by atomic mass is 16.4. The summed E-state index contributed by atoms with van der Waals surface area (Å²) in [7, 11) is 0. The molecule has 3 atom stereocenters. The number of amides is 2. The number of hydrogen-bond donors (Lipinski definition) is 2. The van der Waals surface area contributed by atoms with Crippen molar-refractivity contribution in [1.82, 2.24) is 4.90 Å². The summed E-state index contributed by atoms with van der Waals surface area (Å²) in [6, 6.07) is 4.58. The molecule has 1 aliphatic carbocycles. The zero-order valence-electron chi connectivity index (χ0n) is 14.0. The molecule has 1 saturated heterocycles. The van der Waals surface area contributed by atoms with Gasteiger partial charge in [-0.3, -0.25) is 9.59 Å². The van der Waals surface area contributed by atoms with Crippen LogP contribution in [0.3, 0.4) is 0 Å². The minimum absolute atomic E-state index is 0.0119. The molecule has 2 N–H and O–H groups in total. The average molecular weight is 342 g/mol. The number of carbonyl (C=O) groups excluding carboxylic acids is 2. The van der Waals surface area contributed by atoms with Gasteiger partial charge in [0.05, 0.1) is 0 Å². The third-order valence-corrected chi connectivity index (χ3v) is 5.86. The number of carboxylic acid groups (broad SMARTS) is 1. The summed E-state index contributed by atoms with van der Waals surface area (Å²) >= 11 is 0. The lowest BCUT2D eigenvalue weighted by atomic mass is 9.84. The highest BCUT2D eigenvalue weighted by molar-refractivity contribution is 5.99. The molecule has 0 aromatic heterocycles. The highest BCUT2D eigenvalue weighted by Gasteiger charge is 2.47. The van der Waals surface area contributed by atoms with Crippen LogP contribution in [0.2, 0.25) is 0 Å². The Morgan fingerprint density at radius 3 is 2.76 bits per heavy atom. The Morgan fingerprint density at radius 2 is 1.96 bits per heavy atom. The second-order valence-corrected chi connectivity index (χ2v) is 7.33. The van der Waals surface area contributed by atoms with Crippen LogP contribution in [-0.4, -0.2) is 39.9 Å². The van der Waals surface area contributed by atoms with E-state index in [0.717, 1.165) is 36.9 Å². The van der Waals surface area contributed by atoms with Crippen LogP contribution in [0.5, 0.6) is 0 Å². The molecule has 6 heteroatoms. The first kappa shape index (κ1) is 16.1. The lowest BCUT2D eigenvalue weighted by Crippen LogP contribution is -2.46. The fourth-order valence-electron chi connectivity index (χ4n) is 4.64. The second kappa shape index (κ2) is 6.17. The van der Waals surface area contributed by atoms with Crippen LogP contribution in [0.25, 0.3) is 0 Å². The van der Waals surface area contributed by atoms with Crippen LogP contribution in [0.15, 0.2) is 18.2 Å². The maximum Gasteiger partial charge on any atom is 0.326 e. The number of carbonyl (C=O) groups is 3. The Morgan fingerprint density at radius 1 is 1.16 bits per heavy atom. The minimum atomic E-state index is -0.909. The summed E-state index contributed by atoms with van der Waals surface area (Å²) in [6.45, 7) is 0. The Hall–Kier alpha value is -2.37. The van der Waals surface area contributed by atoms with E-state index in [-0.39, 0.29) is 17.9 Å². The Bertz CT molecular complexity index is 745. The van der Waals surface area contributed by atoms with Crippen molar-refractivity contribution < 1.29 is 19.5 Å². The van der Waals surface area contributed by atoms with E-state index in [1.54, 1.807) is 17.0 Å². The highest BCUT2D eigenvalue weighted by Crippen LogP contribution is 2.40. The van der Waals surface area contributed by atoms with Crippen LogP contribution >= 0.6 is 0 Å². The first-order chi connectivity index (χ1) is 12.0. The number of aliphatic carboxylic acids is 1. The zero-order chi connectivity index (χ0) is 17.6. The van der Waals surface area contributed by atoms with Crippen molar-refractivity contribution in [1.29, 1.82) is 0 Å². The van der Waals surface area contributed by atoms with Gasteiger partial charge in [0.1, 0.15) is 6.04 Å². The number of nitrogens with one attached hydrogen (secondary N) is 1. The van der Waals surface area contributed by atoms with Gasteiger partial charge in [0.25, 0.3) is 5.91 Å². The molecule has 1 aromatic carbocycles. The van der Waals surface area contributed by atoms with E-state index < -0.39 is 12.0 Å². The van der Waals surface area contributed by atoms with Gasteiger partial charge in [-0.25, -0.2) is 4.79 Å². The third kappa shape index (κ3) is 2.79. The molecule has 2 heterocycles. The quantitative estimate of drug-likeness (QED) is 0.864. The van der Waals surface area contributed by atoms with E-state index >= 15 is 0 Å². The summed E-state index contributed by atoms with van der Waals surface area (Å²) < 4.78 is 0. The number of hydrogen-bond acceptors (Lipinski definition) is 3. The molecule has 1 saturated carbocycles. The summed E-state index contributed by atoms with van der Waals surface area (Å²) in [6.07, 6.45) is 5.65. The van der Waals surface area contributed by atoms with Crippen molar-refractivity contribution >= 4 is 23.5 Å². The van der Waals surface area contributed by atoms with Crippen molar-refractivity contribution in [2.24, 2.45) is 5.92 Å². The molecule has 2 fully saturated rings. The molecular formula is C19H22N2O4. The number of benzene rings is 1. The van der Waals surface area contributed by atoms with Crippen molar-refractivity contribution in [2.75, 3.05) is 5.32 Å². The van der Waals surface area contributed by atoms with E-state index in [0.29, 0.717) is 30.7 Å². The number of rotatable bonds is 2. The number of aryl methyl sites for hydroxylation is 1. The number of nitrogens with zero attached hydrogens (tertiary/aromatic N) is 1. The van der Waals surface area contributed by atoms with E-state index in [4.69, 9.17) is 0 Å². The van der Waals surface area contributed by atoms with Gasteiger partial charge in [0.15, 0.2) is 0 Å². The number of fused-ring (bicyclic) bond motifs is 2. The summed E-state index contributed by atoms with van der Waals surface area (Å²) in [4.78, 5) is 38.0. The molecular weight excluding hydrogens is 320 g/mol. The summed E-state index contributed by atoms with van der Waals surface area (Å²) in [5, 5.41) is 12.4. The largest absolute Gasteiger partial charge is 0.480 e. The van der Waals surface area contributed by atoms with Gasteiger partial charge in [-0.15, -0.1) is 0 Å². The van der Waals surface area contributed by atoms with E-state index in [1.165, 1.54) is 0 Å². The van der Waals surface area contributed by atoms with Crippen LogP contribution < -0.4 is 5.32 Å². The topological polar surface area (TPSA) is 86.7 Å². The molecule has 4 rings (SSSR count). The van der Waals surface area contributed by atoms with E-state index in [1.807, 2.05) is 6.07 Å². The first-order valence-electron chi connectivity index (χ1n) is 9.03. The molecule has 132 valence electrons. The van der Waals surface area contributed by atoms with Gasteiger partial charge in [-0.05, 0) is 55.4 Å². The molecule has 0 radical (unpaired) electrons. The van der Waals surface area contributed by atoms with Gasteiger partial charge in [0, 0.05) is 23.7 Å². The SMILES string of the molecule is O=C1CCc2cc(C(=O)N3[C@H](C(=O)O)C[C@H]4CCCC[C@@H]43)ccc2N1. The monoisotopic (exact) mass is 342 g/mol. The van der Waals surface area contributed by atoms with Crippen molar-refractivity contribution in [2.45, 2.75) is 57.0 Å². The number of likely N-dealkylation sites (tertiary alicyclic amines) is 1. The fraction of sp³-hybridized carbons (Fsp3) is 0.526. The fourth-order valence-corrected chi connectivity index (χ4v) is 4.64. The van der Waals surface area contributed by atoms with Gasteiger partial charge in [-0.2, -0.15) is 0 Å².